The van der Waals surface area contributed by atoms with E-state index in [9.17, 15) is 9.59 Å². The van der Waals surface area contributed by atoms with Crippen LogP contribution in [0.4, 0.5) is 4.79 Å². The van der Waals surface area contributed by atoms with E-state index in [0.717, 1.165) is 0 Å². The number of nitrogens with one attached hydrogen (secondary N) is 1. The van der Waals surface area contributed by atoms with Gasteiger partial charge in [-0.1, -0.05) is 0 Å². The van der Waals surface area contributed by atoms with E-state index in [0.29, 0.717) is 19.6 Å². The molecule has 0 aromatic rings. The molecule has 2 unspecified atom stereocenters. The smallest absolute Gasteiger partial charge is 0.410 e. The van der Waals surface area contributed by atoms with E-state index >= 15 is 0 Å². The molecule has 1 saturated heterocycles. The summed E-state index contributed by atoms with van der Waals surface area (Å²) in [6.07, 6.45) is -0.380. The third-order valence-electron chi connectivity index (χ3n) is 3.06. The zero-order valence-corrected chi connectivity index (χ0v) is 12.4. The largest absolute Gasteiger partial charge is 0.469 e. The van der Waals surface area contributed by atoms with Crippen molar-refractivity contribution in [1.82, 2.24) is 10.2 Å². The maximum Gasteiger partial charge on any atom is 0.410 e. The lowest BCUT2D eigenvalue weighted by atomic mass is 9.99. The zero-order valence-electron chi connectivity index (χ0n) is 12.4. The summed E-state index contributed by atoms with van der Waals surface area (Å²) in [6.45, 7) is 9.03. The van der Waals surface area contributed by atoms with Gasteiger partial charge in [0.2, 0.25) is 0 Å². The molecule has 0 spiro atoms. The molecule has 19 heavy (non-hydrogen) atoms. The highest BCUT2D eigenvalue weighted by molar-refractivity contribution is 5.75. The van der Waals surface area contributed by atoms with E-state index in [1.807, 2.05) is 20.8 Å². The van der Waals surface area contributed by atoms with Gasteiger partial charge in [-0.2, -0.15) is 0 Å². The summed E-state index contributed by atoms with van der Waals surface area (Å²) >= 11 is 0. The molecule has 0 aromatic heterocycles. The lowest BCUT2D eigenvalue weighted by Crippen LogP contribution is -2.58. The summed E-state index contributed by atoms with van der Waals surface area (Å²) < 4.78 is 10.1. The van der Waals surface area contributed by atoms with Crippen molar-refractivity contribution < 1.29 is 19.1 Å². The highest BCUT2D eigenvalue weighted by Gasteiger charge is 2.36. The van der Waals surface area contributed by atoms with Crippen LogP contribution in [0.2, 0.25) is 0 Å². The van der Waals surface area contributed by atoms with Crippen LogP contribution in [0.25, 0.3) is 0 Å². The lowest BCUT2D eigenvalue weighted by molar-refractivity contribution is -0.147. The van der Waals surface area contributed by atoms with Crippen LogP contribution in [0.5, 0.6) is 0 Å². The van der Waals surface area contributed by atoms with Crippen LogP contribution in [0, 0.1) is 5.92 Å². The molecule has 6 heteroatoms. The predicted molar refractivity (Wildman–Crippen MR) is 70.8 cm³/mol. The Labute approximate surface area is 114 Å². The number of nitrogens with zero attached hydrogens (tertiary/aromatic N) is 1. The number of ether oxygens (including phenoxy) is 2. The maximum atomic E-state index is 12.2. The van der Waals surface area contributed by atoms with Gasteiger partial charge in [0.15, 0.2) is 0 Å². The molecule has 110 valence electrons. The molecule has 1 fully saturated rings. The molecule has 1 amide bonds. The first-order valence-electron chi connectivity index (χ1n) is 6.54. The average Bonchev–Trinajstić information content (AvgIpc) is 2.35. The van der Waals surface area contributed by atoms with Crippen molar-refractivity contribution in [3.63, 3.8) is 0 Å². The van der Waals surface area contributed by atoms with Crippen LogP contribution >= 0.6 is 0 Å². The van der Waals surface area contributed by atoms with E-state index in [-0.39, 0.29) is 24.0 Å². The summed E-state index contributed by atoms with van der Waals surface area (Å²) in [4.78, 5) is 25.4. The van der Waals surface area contributed by atoms with Crippen molar-refractivity contribution in [2.45, 2.75) is 39.3 Å². The van der Waals surface area contributed by atoms with Crippen LogP contribution < -0.4 is 5.32 Å². The van der Waals surface area contributed by atoms with Crippen LogP contribution in [0.3, 0.4) is 0 Å². The quantitative estimate of drug-likeness (QED) is 0.760. The summed E-state index contributed by atoms with van der Waals surface area (Å²) in [5, 5.41) is 3.19. The van der Waals surface area contributed by atoms with Gasteiger partial charge in [0.25, 0.3) is 0 Å². The number of rotatable bonds is 2. The van der Waals surface area contributed by atoms with Crippen LogP contribution in [0.15, 0.2) is 0 Å². The first kappa shape index (κ1) is 15.8. The van der Waals surface area contributed by atoms with Crippen LogP contribution in [0.1, 0.15) is 27.7 Å². The number of hydrogen-bond donors (Lipinski definition) is 1. The zero-order chi connectivity index (χ0) is 14.6. The second-order valence-electron chi connectivity index (χ2n) is 5.76. The first-order valence-corrected chi connectivity index (χ1v) is 6.54. The van der Waals surface area contributed by atoms with E-state index in [2.05, 4.69) is 5.32 Å². The van der Waals surface area contributed by atoms with Gasteiger partial charge in [0.1, 0.15) is 5.60 Å². The maximum absolute atomic E-state index is 12.2. The fourth-order valence-corrected chi connectivity index (χ4v) is 2.06. The molecule has 6 nitrogen and oxygen atoms in total. The Balaban J connectivity index is 2.77. The molecule has 1 heterocycles. The SMILES string of the molecule is COC(=O)C(C)C1CNCCN1C(=O)OC(C)(C)C. The highest BCUT2D eigenvalue weighted by Crippen LogP contribution is 2.18. The van der Waals surface area contributed by atoms with E-state index in [4.69, 9.17) is 9.47 Å². The molecule has 0 aromatic carbocycles. The van der Waals surface area contributed by atoms with Crippen molar-refractivity contribution in [3.8, 4) is 0 Å². The van der Waals surface area contributed by atoms with Gasteiger partial charge < -0.3 is 19.7 Å². The predicted octanol–water partition coefficient (Wildman–Crippen LogP) is 1.00. The number of methoxy groups -OCH3 is 1. The molecule has 1 rings (SSSR count). The first-order chi connectivity index (χ1) is 8.76. The average molecular weight is 272 g/mol. The minimum Gasteiger partial charge on any atom is -0.469 e. The Hall–Kier alpha value is -1.30. The molecular formula is C13H24N2O4. The third-order valence-corrected chi connectivity index (χ3v) is 3.06. The van der Waals surface area contributed by atoms with Gasteiger partial charge in [-0.3, -0.25) is 4.79 Å². The van der Waals surface area contributed by atoms with Crippen molar-refractivity contribution in [3.05, 3.63) is 0 Å². The summed E-state index contributed by atoms with van der Waals surface area (Å²) in [7, 11) is 1.35. The molecule has 0 radical (unpaired) electrons. The monoisotopic (exact) mass is 272 g/mol. The minimum atomic E-state index is -0.541. The summed E-state index contributed by atoms with van der Waals surface area (Å²) in [6, 6.07) is -0.240. The second kappa shape index (κ2) is 6.23. The molecule has 0 aliphatic carbocycles. The van der Waals surface area contributed by atoms with E-state index in [1.165, 1.54) is 7.11 Å². The normalized spacial score (nSPS) is 21.7. The number of hydrogen-bond acceptors (Lipinski definition) is 5. The van der Waals surface area contributed by atoms with Crippen molar-refractivity contribution in [2.75, 3.05) is 26.7 Å². The fourth-order valence-electron chi connectivity index (χ4n) is 2.06. The van der Waals surface area contributed by atoms with Crippen molar-refractivity contribution >= 4 is 12.1 Å². The molecule has 1 aliphatic heterocycles. The summed E-state index contributed by atoms with van der Waals surface area (Å²) in [5.41, 5.74) is -0.541. The number of carbonyl (C=O) groups excluding carboxylic acids is 2. The van der Waals surface area contributed by atoms with Crippen molar-refractivity contribution in [2.24, 2.45) is 5.92 Å². The molecule has 2 atom stereocenters. The van der Waals surface area contributed by atoms with Gasteiger partial charge in [-0.15, -0.1) is 0 Å². The van der Waals surface area contributed by atoms with E-state index in [1.54, 1.807) is 11.8 Å². The van der Waals surface area contributed by atoms with Gasteiger partial charge in [0.05, 0.1) is 19.1 Å². The highest BCUT2D eigenvalue weighted by atomic mass is 16.6. The molecule has 0 saturated carbocycles. The van der Waals surface area contributed by atoms with Crippen LogP contribution in [-0.2, 0) is 14.3 Å². The number of piperazine rings is 1. The molecule has 0 bridgehead atoms. The second-order valence-corrected chi connectivity index (χ2v) is 5.76. The van der Waals surface area contributed by atoms with Gasteiger partial charge in [-0.05, 0) is 27.7 Å². The number of esters is 1. The standard InChI is InChI=1S/C13H24N2O4/c1-9(11(16)18-5)10-8-14-6-7-15(10)12(17)19-13(2,3)4/h9-10,14H,6-8H2,1-5H3. The Bertz CT molecular complexity index is 338. The molecular weight excluding hydrogens is 248 g/mol. The Kier molecular flexibility index (Phi) is 5.17. The summed E-state index contributed by atoms with van der Waals surface area (Å²) in [5.74, 6) is -0.701. The van der Waals surface area contributed by atoms with Gasteiger partial charge >= 0.3 is 12.1 Å². The topological polar surface area (TPSA) is 67.9 Å². The lowest BCUT2D eigenvalue weighted by Gasteiger charge is -2.39. The molecule has 1 N–H and O–H groups in total. The van der Waals surface area contributed by atoms with Gasteiger partial charge in [-0.25, -0.2) is 4.79 Å². The van der Waals surface area contributed by atoms with Gasteiger partial charge in [0, 0.05) is 19.6 Å². The van der Waals surface area contributed by atoms with Crippen molar-refractivity contribution in [1.29, 1.82) is 0 Å². The number of carbonyl (C=O) groups is 2. The molecule has 1 aliphatic rings. The minimum absolute atomic E-state index is 0.240. The van der Waals surface area contributed by atoms with E-state index < -0.39 is 5.60 Å². The third kappa shape index (κ3) is 4.38. The Morgan fingerprint density at radius 1 is 1.37 bits per heavy atom. The Morgan fingerprint density at radius 2 is 2.00 bits per heavy atom. The van der Waals surface area contributed by atoms with Crippen LogP contribution in [-0.4, -0.2) is 55.3 Å². The number of amides is 1. The fraction of sp³-hybridized carbons (Fsp3) is 0.846. The Morgan fingerprint density at radius 3 is 2.53 bits per heavy atom.